The predicted molar refractivity (Wildman–Crippen MR) is 80.5 cm³/mol. The van der Waals surface area contributed by atoms with Gasteiger partial charge in [0.2, 0.25) is 0 Å². The summed E-state index contributed by atoms with van der Waals surface area (Å²) in [7, 11) is 0. The normalized spacial score (nSPS) is 10.1. The fourth-order valence-electron chi connectivity index (χ4n) is 1.92. The number of aliphatic hydroxyl groups is 1. The van der Waals surface area contributed by atoms with Crippen molar-refractivity contribution in [3.63, 3.8) is 0 Å². The van der Waals surface area contributed by atoms with Crippen molar-refractivity contribution in [2.45, 2.75) is 13.8 Å². The van der Waals surface area contributed by atoms with Gasteiger partial charge in [-0.1, -0.05) is 25.7 Å². The number of halogens is 1. The lowest BCUT2D eigenvalue weighted by Crippen LogP contribution is -2.35. The quantitative estimate of drug-likeness (QED) is 0.776. The molecule has 114 valence electrons. The Morgan fingerprint density at radius 2 is 2.10 bits per heavy atom. The number of nitrogens with one attached hydrogen (secondary N) is 1. The van der Waals surface area contributed by atoms with Gasteiger partial charge in [0, 0.05) is 18.7 Å². The first-order valence-corrected chi connectivity index (χ1v) is 7.02. The van der Waals surface area contributed by atoms with Crippen LogP contribution in [0.15, 0.2) is 18.2 Å². The van der Waals surface area contributed by atoms with Crippen LogP contribution < -0.4 is 5.32 Å². The summed E-state index contributed by atoms with van der Waals surface area (Å²) < 4.78 is 13.2. The molecule has 0 aromatic heterocycles. The van der Waals surface area contributed by atoms with E-state index < -0.39 is 5.82 Å². The molecule has 0 bridgehead atoms. The number of hydrogen-bond donors (Lipinski definition) is 2. The van der Waals surface area contributed by atoms with E-state index in [9.17, 15) is 9.18 Å². The third-order valence-corrected chi connectivity index (χ3v) is 3.14. The molecule has 0 unspecified atom stereocenters. The molecule has 0 aliphatic heterocycles. The van der Waals surface area contributed by atoms with Crippen molar-refractivity contribution in [3.05, 3.63) is 35.1 Å². The van der Waals surface area contributed by atoms with Gasteiger partial charge in [0.1, 0.15) is 12.4 Å². The molecule has 1 aromatic rings. The number of carbonyl (C=O) groups excluding carboxylic acids is 1. The first kappa shape index (κ1) is 17.2. The molecule has 0 aliphatic carbocycles. The van der Waals surface area contributed by atoms with Gasteiger partial charge in [-0.2, -0.15) is 0 Å². The summed E-state index contributed by atoms with van der Waals surface area (Å²) in [6, 6.07) is 3.83. The number of carbonyl (C=O) groups is 1. The summed E-state index contributed by atoms with van der Waals surface area (Å²) in [6.07, 6.45) is 0. The molecular formula is C16H21FN2O2. The number of benzene rings is 1. The smallest absolute Gasteiger partial charge is 0.252 e. The average molecular weight is 292 g/mol. The minimum atomic E-state index is -0.461. The number of nitrogens with zero attached hydrogens (tertiary/aromatic N) is 1. The van der Waals surface area contributed by atoms with Crippen LogP contribution in [-0.4, -0.2) is 48.7 Å². The molecule has 1 rings (SSSR count). The predicted octanol–water partition coefficient (Wildman–Crippen LogP) is 1.24. The Balaban J connectivity index is 2.73. The third kappa shape index (κ3) is 5.54. The molecule has 0 atom stereocenters. The highest BCUT2D eigenvalue weighted by molar-refractivity contribution is 5.96. The second-order valence-electron chi connectivity index (χ2n) is 4.43. The van der Waals surface area contributed by atoms with Crippen LogP contribution in [0.1, 0.15) is 29.8 Å². The Labute approximate surface area is 125 Å². The summed E-state index contributed by atoms with van der Waals surface area (Å²) in [5.41, 5.74) is 0.598. The number of rotatable bonds is 6. The number of amides is 1. The van der Waals surface area contributed by atoms with Crippen molar-refractivity contribution in [2.75, 3.05) is 32.8 Å². The van der Waals surface area contributed by atoms with Crippen LogP contribution in [0.5, 0.6) is 0 Å². The number of likely N-dealkylation sites (N-methyl/N-ethyl adjacent to an activating group) is 1. The van der Waals surface area contributed by atoms with Gasteiger partial charge >= 0.3 is 0 Å². The molecule has 1 aromatic carbocycles. The standard InChI is InChI=1S/C16H21FN2O2/c1-3-19(4-2)10-9-18-16(21)15-8-7-14(17)12-13(15)6-5-11-20/h7-8,12,20H,3-4,9-11H2,1-2H3,(H,18,21). The Kier molecular flexibility index (Phi) is 7.44. The molecule has 0 saturated heterocycles. The molecule has 0 radical (unpaired) electrons. The topological polar surface area (TPSA) is 52.6 Å². The molecule has 0 fully saturated rings. The van der Waals surface area contributed by atoms with Crippen molar-refractivity contribution in [1.29, 1.82) is 0 Å². The van der Waals surface area contributed by atoms with Gasteiger partial charge in [-0.15, -0.1) is 0 Å². The van der Waals surface area contributed by atoms with Crippen LogP contribution in [0, 0.1) is 17.7 Å². The lowest BCUT2D eigenvalue weighted by molar-refractivity contribution is 0.0948. The van der Waals surface area contributed by atoms with Gasteiger partial charge in [0.15, 0.2) is 0 Å². The molecule has 21 heavy (non-hydrogen) atoms. The zero-order valence-corrected chi connectivity index (χ0v) is 12.4. The van der Waals surface area contributed by atoms with Crippen molar-refractivity contribution >= 4 is 5.91 Å². The zero-order valence-electron chi connectivity index (χ0n) is 12.4. The highest BCUT2D eigenvalue weighted by Crippen LogP contribution is 2.10. The summed E-state index contributed by atoms with van der Waals surface area (Å²) in [5, 5.41) is 11.5. The molecule has 0 spiro atoms. The maximum Gasteiger partial charge on any atom is 0.252 e. The van der Waals surface area contributed by atoms with E-state index in [0.717, 1.165) is 19.6 Å². The maximum absolute atomic E-state index is 13.2. The SMILES string of the molecule is CCN(CC)CCNC(=O)c1ccc(F)cc1C#CCO. The molecule has 4 nitrogen and oxygen atoms in total. The van der Waals surface area contributed by atoms with Crippen LogP contribution >= 0.6 is 0 Å². The van der Waals surface area contributed by atoms with E-state index in [-0.39, 0.29) is 18.1 Å². The largest absolute Gasteiger partial charge is 0.384 e. The van der Waals surface area contributed by atoms with E-state index in [2.05, 4.69) is 35.9 Å². The first-order chi connectivity index (χ1) is 10.1. The van der Waals surface area contributed by atoms with Crippen LogP contribution in [-0.2, 0) is 0 Å². The molecule has 0 heterocycles. The van der Waals surface area contributed by atoms with Gasteiger partial charge in [0.05, 0.1) is 5.56 Å². The minimum absolute atomic E-state index is 0.282. The van der Waals surface area contributed by atoms with Crippen LogP contribution in [0.2, 0.25) is 0 Å². The van der Waals surface area contributed by atoms with Crippen molar-refractivity contribution < 1.29 is 14.3 Å². The van der Waals surface area contributed by atoms with Gasteiger partial charge in [-0.05, 0) is 31.3 Å². The summed E-state index contributed by atoms with van der Waals surface area (Å²) >= 11 is 0. The zero-order chi connectivity index (χ0) is 15.7. The van der Waals surface area contributed by atoms with Crippen LogP contribution in [0.25, 0.3) is 0 Å². The van der Waals surface area contributed by atoms with Gasteiger partial charge in [-0.25, -0.2) is 4.39 Å². The Bertz CT molecular complexity index is 531. The second-order valence-corrected chi connectivity index (χ2v) is 4.43. The lowest BCUT2D eigenvalue weighted by atomic mass is 10.1. The summed E-state index contributed by atoms with van der Waals surface area (Å²) in [5.74, 6) is 4.28. The van der Waals surface area contributed by atoms with E-state index in [1.165, 1.54) is 18.2 Å². The van der Waals surface area contributed by atoms with Crippen molar-refractivity contribution in [2.24, 2.45) is 0 Å². The Hall–Kier alpha value is -1.90. The van der Waals surface area contributed by atoms with Gasteiger partial charge in [0.25, 0.3) is 5.91 Å². The Morgan fingerprint density at radius 3 is 2.71 bits per heavy atom. The molecular weight excluding hydrogens is 271 g/mol. The first-order valence-electron chi connectivity index (χ1n) is 7.02. The minimum Gasteiger partial charge on any atom is -0.384 e. The molecule has 5 heteroatoms. The highest BCUT2D eigenvalue weighted by Gasteiger charge is 2.11. The Morgan fingerprint density at radius 1 is 1.38 bits per heavy atom. The monoisotopic (exact) mass is 292 g/mol. The summed E-state index contributed by atoms with van der Waals surface area (Å²) in [6.45, 7) is 6.93. The van der Waals surface area contributed by atoms with Crippen LogP contribution in [0.4, 0.5) is 4.39 Å². The van der Waals surface area contributed by atoms with Crippen LogP contribution in [0.3, 0.4) is 0 Å². The van der Waals surface area contributed by atoms with E-state index >= 15 is 0 Å². The van der Waals surface area contributed by atoms with E-state index in [0.29, 0.717) is 12.1 Å². The van der Waals surface area contributed by atoms with Crippen molar-refractivity contribution in [1.82, 2.24) is 10.2 Å². The summed E-state index contributed by atoms with van der Waals surface area (Å²) in [4.78, 5) is 14.3. The van der Waals surface area contributed by atoms with E-state index in [1.807, 2.05) is 0 Å². The van der Waals surface area contributed by atoms with Crippen molar-refractivity contribution in [3.8, 4) is 11.8 Å². The number of aliphatic hydroxyl groups excluding tert-OH is 1. The third-order valence-electron chi connectivity index (χ3n) is 3.14. The average Bonchev–Trinajstić information content (AvgIpc) is 2.49. The maximum atomic E-state index is 13.2. The van der Waals surface area contributed by atoms with Gasteiger partial charge < -0.3 is 15.3 Å². The molecule has 0 aliphatic rings. The van der Waals surface area contributed by atoms with E-state index in [1.54, 1.807) is 0 Å². The lowest BCUT2D eigenvalue weighted by Gasteiger charge is -2.18. The fourth-order valence-corrected chi connectivity index (χ4v) is 1.92. The molecule has 2 N–H and O–H groups in total. The van der Waals surface area contributed by atoms with Gasteiger partial charge in [-0.3, -0.25) is 4.79 Å². The fraction of sp³-hybridized carbons (Fsp3) is 0.438. The van der Waals surface area contributed by atoms with E-state index in [4.69, 9.17) is 5.11 Å². The molecule has 1 amide bonds. The number of hydrogen-bond acceptors (Lipinski definition) is 3. The highest BCUT2D eigenvalue weighted by atomic mass is 19.1. The molecule has 0 saturated carbocycles. The second kappa shape index (κ2) is 9.11.